The highest BCUT2D eigenvalue weighted by Crippen LogP contribution is 2.35. The molecule has 0 amide bonds. The number of hydrogen-bond acceptors (Lipinski definition) is 10. The van der Waals surface area contributed by atoms with Crippen molar-refractivity contribution in [1.29, 1.82) is 0 Å². The Morgan fingerprint density at radius 3 is 2.40 bits per heavy atom. The number of aromatic nitrogens is 1. The van der Waals surface area contributed by atoms with Gasteiger partial charge in [0.25, 0.3) is 5.56 Å². The van der Waals surface area contributed by atoms with E-state index in [2.05, 4.69) is 20.9 Å². The summed E-state index contributed by atoms with van der Waals surface area (Å²) in [5, 5.41) is 0. The highest BCUT2D eigenvalue weighted by Gasteiger charge is 2.33. The van der Waals surface area contributed by atoms with Crippen molar-refractivity contribution in [2.45, 2.75) is 33.7 Å². The molecule has 0 fully saturated rings. The molecule has 0 N–H and O–H groups in total. The van der Waals surface area contributed by atoms with Crippen LogP contribution in [0.5, 0.6) is 17.2 Å². The maximum absolute atomic E-state index is 13.9. The van der Waals surface area contributed by atoms with Crippen LogP contribution in [0.4, 0.5) is 0 Å². The predicted molar refractivity (Wildman–Crippen MR) is 161 cm³/mol. The highest BCUT2D eigenvalue weighted by atomic mass is 79.9. The zero-order valence-electron chi connectivity index (χ0n) is 23.9. The first-order chi connectivity index (χ1) is 20.2. The third kappa shape index (κ3) is 6.60. The molecule has 4 rings (SSSR count). The number of carbonyl (C=O) groups is 2. The summed E-state index contributed by atoms with van der Waals surface area (Å²) in [6.07, 6.45) is 1.73. The Balaban J connectivity index is 1.82. The Morgan fingerprint density at radius 1 is 1.00 bits per heavy atom. The number of fused-ring (bicyclic) bond motifs is 1. The van der Waals surface area contributed by atoms with Gasteiger partial charge in [-0.05, 0) is 85.1 Å². The molecule has 2 aromatic carbocycles. The van der Waals surface area contributed by atoms with Crippen LogP contribution in [0.25, 0.3) is 6.08 Å². The summed E-state index contributed by atoms with van der Waals surface area (Å²) < 4.78 is 29.6. The number of methoxy groups -OCH3 is 1. The zero-order chi connectivity index (χ0) is 30.4. The summed E-state index contributed by atoms with van der Waals surface area (Å²) in [4.78, 5) is 43.9. The molecule has 222 valence electrons. The van der Waals surface area contributed by atoms with Gasteiger partial charge < -0.3 is 23.7 Å². The van der Waals surface area contributed by atoms with Crippen LogP contribution in [0.15, 0.2) is 61.9 Å². The third-order valence-corrected chi connectivity index (χ3v) is 7.83. The Kier molecular flexibility index (Phi) is 10.2. The zero-order valence-corrected chi connectivity index (χ0v) is 26.3. The first-order valence-corrected chi connectivity index (χ1v) is 14.9. The van der Waals surface area contributed by atoms with E-state index in [1.807, 2.05) is 19.1 Å². The lowest BCUT2D eigenvalue weighted by Crippen LogP contribution is -2.39. The van der Waals surface area contributed by atoms with E-state index >= 15 is 0 Å². The van der Waals surface area contributed by atoms with Crippen LogP contribution in [-0.4, -0.2) is 50.0 Å². The number of esters is 2. The minimum absolute atomic E-state index is 0.181. The molecule has 0 spiro atoms. The van der Waals surface area contributed by atoms with E-state index in [4.69, 9.17) is 23.7 Å². The molecule has 0 bridgehead atoms. The van der Waals surface area contributed by atoms with E-state index < -0.39 is 18.0 Å². The second kappa shape index (κ2) is 13.8. The molecule has 0 saturated heterocycles. The molecule has 1 aliphatic rings. The molecule has 1 aromatic heterocycles. The largest absolute Gasteiger partial charge is 0.496 e. The first-order valence-electron chi connectivity index (χ1n) is 13.3. The summed E-state index contributed by atoms with van der Waals surface area (Å²) in [6, 6.07) is 9.81. The number of ether oxygens (including phenoxy) is 5. The molecule has 1 atom stereocenters. The van der Waals surface area contributed by atoms with Crippen LogP contribution in [-0.2, 0) is 19.1 Å². The van der Waals surface area contributed by atoms with Gasteiger partial charge in [0.2, 0.25) is 0 Å². The van der Waals surface area contributed by atoms with Crippen LogP contribution in [0.1, 0.15) is 44.9 Å². The fraction of sp³-hybridized carbons (Fsp3) is 0.333. The van der Waals surface area contributed by atoms with Gasteiger partial charge in [-0.1, -0.05) is 23.5 Å². The molecule has 3 aromatic rings. The fourth-order valence-electron chi connectivity index (χ4n) is 4.45. The molecule has 0 aliphatic carbocycles. The van der Waals surface area contributed by atoms with Gasteiger partial charge >= 0.3 is 11.9 Å². The molecule has 10 nitrogen and oxygen atoms in total. The van der Waals surface area contributed by atoms with E-state index in [1.165, 1.54) is 15.9 Å². The second-order valence-corrected chi connectivity index (χ2v) is 10.8. The second-order valence-electron chi connectivity index (χ2n) is 8.93. The number of hydrogen-bond donors (Lipinski definition) is 0. The average molecular weight is 660 g/mol. The van der Waals surface area contributed by atoms with Crippen molar-refractivity contribution in [2.24, 2.45) is 4.99 Å². The van der Waals surface area contributed by atoms with E-state index in [9.17, 15) is 14.4 Å². The van der Waals surface area contributed by atoms with Crippen LogP contribution >= 0.6 is 27.3 Å². The van der Waals surface area contributed by atoms with Crippen molar-refractivity contribution in [2.75, 3.05) is 33.5 Å². The van der Waals surface area contributed by atoms with Crippen molar-refractivity contribution >= 4 is 45.3 Å². The molecule has 0 radical (unpaired) electrons. The molecule has 0 unspecified atom stereocenters. The lowest BCUT2D eigenvalue weighted by molar-refractivity contribution is -0.145. The topological polar surface area (TPSA) is 115 Å². The molecule has 2 heterocycles. The molecule has 1 aliphatic heterocycles. The normalized spacial score (nSPS) is 14.6. The van der Waals surface area contributed by atoms with Gasteiger partial charge in [0.1, 0.15) is 5.75 Å². The first kappa shape index (κ1) is 31.0. The van der Waals surface area contributed by atoms with Gasteiger partial charge in [0, 0.05) is 0 Å². The van der Waals surface area contributed by atoms with Crippen molar-refractivity contribution in [3.8, 4) is 17.2 Å². The summed E-state index contributed by atoms with van der Waals surface area (Å²) >= 11 is 4.73. The van der Waals surface area contributed by atoms with Crippen molar-refractivity contribution in [3.63, 3.8) is 0 Å². The van der Waals surface area contributed by atoms with Gasteiger partial charge in [-0.2, -0.15) is 0 Å². The van der Waals surface area contributed by atoms with E-state index in [1.54, 1.807) is 58.2 Å². The Bertz CT molecular complexity index is 1710. The van der Waals surface area contributed by atoms with E-state index in [-0.39, 0.29) is 31.0 Å². The molecule has 42 heavy (non-hydrogen) atoms. The van der Waals surface area contributed by atoms with Crippen LogP contribution in [0.2, 0.25) is 0 Å². The minimum atomic E-state index is -0.762. The minimum Gasteiger partial charge on any atom is -0.496 e. The standard InChI is InChI=1S/C30H31BrN2O8S/c1-6-38-23-13-18(9-11-22(23)41-16-25(34)39-7-2)14-24-28(35)33-27(19-10-12-21(37-5)20(31)15-19)26(29(36)40-8-3)17(4)32-30(33)42-24/h9-15,27H,6-8,16H2,1-5H3/b24-14-/t27-/m1/s1. The Hall–Kier alpha value is -3.90. The summed E-state index contributed by atoms with van der Waals surface area (Å²) in [5.74, 6) is 0.392. The Labute approximate surface area is 255 Å². The quantitative estimate of drug-likeness (QED) is 0.285. The smallest absolute Gasteiger partial charge is 0.344 e. The lowest BCUT2D eigenvalue weighted by atomic mass is 9.96. The van der Waals surface area contributed by atoms with Crippen LogP contribution < -0.4 is 29.1 Å². The van der Waals surface area contributed by atoms with Crippen LogP contribution in [0, 0.1) is 0 Å². The van der Waals surface area contributed by atoms with Crippen molar-refractivity contribution in [3.05, 3.63) is 83.0 Å². The van der Waals surface area contributed by atoms with Gasteiger partial charge in [-0.3, -0.25) is 9.36 Å². The fourth-order valence-corrected chi connectivity index (χ4v) is 6.06. The monoisotopic (exact) mass is 658 g/mol. The molecular formula is C30H31BrN2O8S. The summed E-state index contributed by atoms with van der Waals surface area (Å²) in [5.41, 5.74) is 1.81. The molecular weight excluding hydrogens is 628 g/mol. The van der Waals surface area contributed by atoms with Gasteiger partial charge in [-0.25, -0.2) is 14.6 Å². The number of benzene rings is 2. The molecule has 0 saturated carbocycles. The summed E-state index contributed by atoms with van der Waals surface area (Å²) in [7, 11) is 1.56. The average Bonchev–Trinajstić information content (AvgIpc) is 3.26. The number of allylic oxidation sites excluding steroid dienone is 1. The number of thiazole rings is 1. The maximum atomic E-state index is 13.9. The van der Waals surface area contributed by atoms with Gasteiger partial charge in [-0.15, -0.1) is 0 Å². The summed E-state index contributed by atoms with van der Waals surface area (Å²) in [6.45, 7) is 7.57. The van der Waals surface area contributed by atoms with Crippen molar-refractivity contribution < 1.29 is 33.3 Å². The highest BCUT2D eigenvalue weighted by molar-refractivity contribution is 9.10. The predicted octanol–water partition coefficient (Wildman–Crippen LogP) is 3.91. The van der Waals surface area contributed by atoms with Gasteiger partial charge in [0.15, 0.2) is 22.9 Å². The third-order valence-electron chi connectivity index (χ3n) is 6.22. The van der Waals surface area contributed by atoms with Gasteiger partial charge in [0.05, 0.1) is 53.2 Å². The number of halogens is 1. The number of rotatable bonds is 11. The number of nitrogens with zero attached hydrogens (tertiary/aromatic N) is 2. The molecule has 12 heteroatoms. The SMILES string of the molecule is CCOC(=O)COc1ccc(/C=c2\sc3n(c2=O)[C@H](c2ccc(OC)c(Br)c2)C(C(=O)OCC)=C(C)N=3)cc1OCC. The van der Waals surface area contributed by atoms with E-state index in [0.717, 1.165) is 0 Å². The van der Waals surface area contributed by atoms with E-state index in [0.29, 0.717) is 54.5 Å². The Morgan fingerprint density at radius 2 is 1.74 bits per heavy atom. The van der Waals surface area contributed by atoms with Crippen LogP contribution in [0.3, 0.4) is 0 Å². The number of carbonyl (C=O) groups excluding carboxylic acids is 2. The maximum Gasteiger partial charge on any atom is 0.344 e. The van der Waals surface area contributed by atoms with Crippen molar-refractivity contribution in [1.82, 2.24) is 4.57 Å². The lowest BCUT2D eigenvalue weighted by Gasteiger charge is -2.25.